The Bertz CT molecular complexity index is 244. The molecule has 0 amide bonds. The van der Waals surface area contributed by atoms with E-state index in [-0.39, 0.29) is 5.97 Å². The molecule has 0 rings (SSSR count). The van der Waals surface area contributed by atoms with Gasteiger partial charge in [-0.2, -0.15) is 0 Å². The first-order valence-electron chi connectivity index (χ1n) is 7.72. The molecule has 110 valence electrons. The van der Waals surface area contributed by atoms with Crippen molar-refractivity contribution in [3.8, 4) is 0 Å². The topological polar surface area (TPSA) is 26.3 Å². The summed E-state index contributed by atoms with van der Waals surface area (Å²) in [6.07, 6.45) is 16.8. The molecule has 0 N–H and O–H groups in total. The minimum absolute atomic E-state index is 0.0375. The number of carbonyl (C=O) groups excluding carboxylic acids is 1. The zero-order valence-corrected chi connectivity index (χ0v) is 12.5. The third-order valence-corrected chi connectivity index (χ3v) is 2.97. The first kappa shape index (κ1) is 17.9. The van der Waals surface area contributed by atoms with E-state index in [1.54, 1.807) is 0 Å². The summed E-state index contributed by atoms with van der Waals surface area (Å²) < 4.78 is 5.16. The highest BCUT2D eigenvalue weighted by molar-refractivity contribution is 5.69. The van der Waals surface area contributed by atoms with Crippen molar-refractivity contribution in [2.24, 2.45) is 0 Å². The summed E-state index contributed by atoms with van der Waals surface area (Å²) in [6.45, 7) is 6.38. The molecular weight excluding hydrogens is 236 g/mol. The summed E-state index contributed by atoms with van der Waals surface area (Å²) in [5, 5.41) is 0. The Hall–Kier alpha value is -1.05. The van der Waals surface area contributed by atoms with Crippen LogP contribution < -0.4 is 0 Å². The fourth-order valence-electron chi connectivity index (χ4n) is 1.82. The minimum Gasteiger partial charge on any atom is -0.466 e. The standard InChI is InChI=1S/C17H30O2/c1-3-5-7-9-10-11-12-13-15-17(18)19-16-14-8-6-4-2/h4-5,7H,2-3,6,8-16H2,1H3/b7-5+. The van der Waals surface area contributed by atoms with Crippen LogP contribution in [0.4, 0.5) is 0 Å². The molecular formula is C17H30O2. The SMILES string of the molecule is C=CCCCCOC(=O)CCCCCC/C=C/CC. The first-order chi connectivity index (χ1) is 9.31. The molecule has 0 fully saturated rings. The molecule has 0 unspecified atom stereocenters. The number of esters is 1. The second kappa shape index (κ2) is 15.0. The van der Waals surface area contributed by atoms with E-state index < -0.39 is 0 Å². The van der Waals surface area contributed by atoms with Gasteiger partial charge in [0.1, 0.15) is 0 Å². The number of ether oxygens (including phenoxy) is 1. The van der Waals surface area contributed by atoms with E-state index in [9.17, 15) is 4.79 Å². The molecule has 0 saturated heterocycles. The Morgan fingerprint density at radius 1 is 1.00 bits per heavy atom. The van der Waals surface area contributed by atoms with Crippen LogP contribution in [0.15, 0.2) is 24.8 Å². The van der Waals surface area contributed by atoms with Crippen LogP contribution in [0.3, 0.4) is 0 Å². The second-order valence-electron chi connectivity index (χ2n) is 4.84. The zero-order chi connectivity index (χ0) is 14.2. The summed E-state index contributed by atoms with van der Waals surface area (Å²) in [6, 6.07) is 0. The fraction of sp³-hybridized carbons (Fsp3) is 0.706. The van der Waals surface area contributed by atoms with E-state index in [1.807, 2.05) is 6.08 Å². The van der Waals surface area contributed by atoms with Crippen LogP contribution in [0.1, 0.15) is 71.1 Å². The highest BCUT2D eigenvalue weighted by Crippen LogP contribution is 2.07. The smallest absolute Gasteiger partial charge is 0.305 e. The van der Waals surface area contributed by atoms with Crippen LogP contribution in [0, 0.1) is 0 Å². The number of unbranched alkanes of at least 4 members (excludes halogenated alkanes) is 6. The van der Waals surface area contributed by atoms with Crippen molar-refractivity contribution < 1.29 is 9.53 Å². The van der Waals surface area contributed by atoms with Crippen LogP contribution in [0.5, 0.6) is 0 Å². The number of rotatable bonds is 13. The maximum Gasteiger partial charge on any atom is 0.305 e. The van der Waals surface area contributed by atoms with Crippen molar-refractivity contribution in [3.63, 3.8) is 0 Å². The normalized spacial score (nSPS) is 10.8. The van der Waals surface area contributed by atoms with Gasteiger partial charge in [-0.1, -0.05) is 38.0 Å². The van der Waals surface area contributed by atoms with Gasteiger partial charge in [0.15, 0.2) is 0 Å². The summed E-state index contributed by atoms with van der Waals surface area (Å²) in [5.41, 5.74) is 0. The Balaban J connectivity index is 3.20. The van der Waals surface area contributed by atoms with Crippen LogP contribution in [0.25, 0.3) is 0 Å². The molecule has 0 atom stereocenters. The molecule has 0 radical (unpaired) electrons. The van der Waals surface area contributed by atoms with Gasteiger partial charge in [0, 0.05) is 6.42 Å². The lowest BCUT2D eigenvalue weighted by molar-refractivity contribution is -0.143. The molecule has 2 nitrogen and oxygen atoms in total. The van der Waals surface area contributed by atoms with Crippen LogP contribution in [-0.2, 0) is 9.53 Å². The summed E-state index contributed by atoms with van der Waals surface area (Å²) in [7, 11) is 0. The second-order valence-corrected chi connectivity index (χ2v) is 4.84. The molecule has 19 heavy (non-hydrogen) atoms. The van der Waals surface area contributed by atoms with Crippen molar-refractivity contribution in [2.45, 2.75) is 71.1 Å². The Morgan fingerprint density at radius 2 is 1.74 bits per heavy atom. The van der Waals surface area contributed by atoms with Crippen LogP contribution >= 0.6 is 0 Å². The third kappa shape index (κ3) is 14.9. The van der Waals surface area contributed by atoms with Crippen LogP contribution in [0.2, 0.25) is 0 Å². The lowest BCUT2D eigenvalue weighted by Gasteiger charge is -2.04. The van der Waals surface area contributed by atoms with Crippen molar-refractivity contribution >= 4 is 5.97 Å². The summed E-state index contributed by atoms with van der Waals surface area (Å²) >= 11 is 0. The molecule has 0 aromatic carbocycles. The average molecular weight is 266 g/mol. The predicted molar refractivity (Wildman–Crippen MR) is 82.1 cm³/mol. The van der Waals surface area contributed by atoms with E-state index in [0.717, 1.165) is 38.5 Å². The highest BCUT2D eigenvalue weighted by Gasteiger charge is 2.01. The molecule has 0 spiro atoms. The van der Waals surface area contributed by atoms with Gasteiger partial charge in [0.25, 0.3) is 0 Å². The lowest BCUT2D eigenvalue weighted by Crippen LogP contribution is -2.05. The number of allylic oxidation sites excluding steroid dienone is 3. The number of hydrogen-bond donors (Lipinski definition) is 0. The quantitative estimate of drug-likeness (QED) is 0.260. The van der Waals surface area contributed by atoms with Gasteiger partial charge in [-0.05, 0) is 44.9 Å². The molecule has 0 aromatic heterocycles. The lowest BCUT2D eigenvalue weighted by atomic mass is 10.1. The van der Waals surface area contributed by atoms with E-state index in [4.69, 9.17) is 4.74 Å². The van der Waals surface area contributed by atoms with E-state index in [1.165, 1.54) is 19.3 Å². The van der Waals surface area contributed by atoms with Crippen molar-refractivity contribution in [1.82, 2.24) is 0 Å². The summed E-state index contributed by atoms with van der Waals surface area (Å²) in [5.74, 6) is -0.0375. The van der Waals surface area contributed by atoms with E-state index >= 15 is 0 Å². The maximum atomic E-state index is 11.4. The molecule has 0 saturated carbocycles. The van der Waals surface area contributed by atoms with E-state index in [0.29, 0.717) is 13.0 Å². The highest BCUT2D eigenvalue weighted by atomic mass is 16.5. The monoisotopic (exact) mass is 266 g/mol. The molecule has 0 bridgehead atoms. The zero-order valence-electron chi connectivity index (χ0n) is 12.5. The molecule has 2 heteroatoms. The van der Waals surface area contributed by atoms with Gasteiger partial charge in [-0.25, -0.2) is 0 Å². The van der Waals surface area contributed by atoms with Crippen molar-refractivity contribution in [3.05, 3.63) is 24.8 Å². The van der Waals surface area contributed by atoms with Gasteiger partial charge in [0.05, 0.1) is 6.61 Å². The van der Waals surface area contributed by atoms with Gasteiger partial charge in [-0.15, -0.1) is 6.58 Å². The minimum atomic E-state index is -0.0375. The third-order valence-electron chi connectivity index (χ3n) is 2.97. The van der Waals surface area contributed by atoms with Gasteiger partial charge < -0.3 is 4.74 Å². The Kier molecular flexibility index (Phi) is 14.2. The largest absolute Gasteiger partial charge is 0.466 e. The number of hydrogen-bond acceptors (Lipinski definition) is 2. The maximum absolute atomic E-state index is 11.4. The molecule has 0 heterocycles. The first-order valence-corrected chi connectivity index (χ1v) is 7.72. The van der Waals surface area contributed by atoms with Gasteiger partial charge in [0.2, 0.25) is 0 Å². The molecule has 0 aliphatic carbocycles. The molecule has 0 aromatic rings. The predicted octanol–water partition coefficient (Wildman–Crippen LogP) is 5.19. The Labute approximate surface area is 118 Å². The molecule has 0 aliphatic heterocycles. The summed E-state index contributed by atoms with van der Waals surface area (Å²) in [4.78, 5) is 11.4. The van der Waals surface area contributed by atoms with Crippen molar-refractivity contribution in [2.75, 3.05) is 6.61 Å². The number of carbonyl (C=O) groups is 1. The van der Waals surface area contributed by atoms with Crippen LogP contribution in [-0.4, -0.2) is 12.6 Å². The van der Waals surface area contributed by atoms with Gasteiger partial charge in [-0.3, -0.25) is 4.79 Å². The fourth-order valence-corrected chi connectivity index (χ4v) is 1.82. The van der Waals surface area contributed by atoms with Crippen molar-refractivity contribution in [1.29, 1.82) is 0 Å². The van der Waals surface area contributed by atoms with E-state index in [2.05, 4.69) is 25.7 Å². The Morgan fingerprint density at radius 3 is 2.47 bits per heavy atom. The van der Waals surface area contributed by atoms with Gasteiger partial charge >= 0.3 is 5.97 Å². The average Bonchev–Trinajstić information content (AvgIpc) is 2.41. The molecule has 0 aliphatic rings.